The van der Waals surface area contributed by atoms with Gasteiger partial charge in [0, 0.05) is 17.8 Å². The maximum atomic E-state index is 13.3. The molecular weight excluding hydrogens is 283 g/mol. The van der Waals surface area contributed by atoms with Gasteiger partial charge in [0.15, 0.2) is 0 Å². The van der Waals surface area contributed by atoms with Gasteiger partial charge in [0.1, 0.15) is 0 Å². The third-order valence-electron chi connectivity index (χ3n) is 4.08. The fourth-order valence-electron chi connectivity index (χ4n) is 3.03. The van der Waals surface area contributed by atoms with E-state index in [1.807, 2.05) is 13.8 Å². The number of carboxylic acid groups (broad SMARTS) is 1. The molecule has 0 spiro atoms. The van der Waals surface area contributed by atoms with Crippen LogP contribution in [-0.4, -0.2) is 23.2 Å². The number of hydrogen-bond acceptors (Lipinski definition) is 2. The Labute approximate surface area is 121 Å². The molecule has 1 heterocycles. The molecule has 3 nitrogen and oxygen atoms in total. The normalized spacial score (nSPS) is 22.6. The standard InChI is InChI=1S/C15H18F3NO2/c1-3-11-6-4-9(2)19(11)13-7-5-10(14(20)21)8-12(13)15(16,17)18/h5,7-9,11H,3-4,6H2,1-2H3,(H,20,21). The predicted octanol–water partition coefficient (Wildman–Crippen LogP) is 4.17. The first-order chi connectivity index (χ1) is 9.75. The molecule has 116 valence electrons. The number of alkyl halides is 3. The number of hydrogen-bond donors (Lipinski definition) is 1. The van der Waals surface area contributed by atoms with Crippen molar-refractivity contribution >= 4 is 11.7 Å². The van der Waals surface area contributed by atoms with Crippen molar-refractivity contribution in [3.05, 3.63) is 29.3 Å². The van der Waals surface area contributed by atoms with E-state index >= 15 is 0 Å². The van der Waals surface area contributed by atoms with Crippen LogP contribution in [0.5, 0.6) is 0 Å². The van der Waals surface area contributed by atoms with Gasteiger partial charge >= 0.3 is 12.1 Å². The predicted molar refractivity (Wildman–Crippen MR) is 73.7 cm³/mol. The second-order valence-corrected chi connectivity index (χ2v) is 5.43. The van der Waals surface area contributed by atoms with Crippen LogP contribution < -0.4 is 4.90 Å². The second-order valence-electron chi connectivity index (χ2n) is 5.43. The molecule has 0 bridgehead atoms. The van der Waals surface area contributed by atoms with Crippen molar-refractivity contribution in [1.82, 2.24) is 0 Å². The molecule has 0 radical (unpaired) electrons. The van der Waals surface area contributed by atoms with Gasteiger partial charge in [-0.2, -0.15) is 13.2 Å². The summed E-state index contributed by atoms with van der Waals surface area (Å²) in [7, 11) is 0. The van der Waals surface area contributed by atoms with Crippen molar-refractivity contribution in [2.24, 2.45) is 0 Å². The summed E-state index contributed by atoms with van der Waals surface area (Å²) in [5.41, 5.74) is -1.12. The van der Waals surface area contributed by atoms with Gasteiger partial charge in [-0.3, -0.25) is 0 Å². The van der Waals surface area contributed by atoms with Gasteiger partial charge in [-0.25, -0.2) is 4.79 Å². The Kier molecular flexibility index (Phi) is 4.16. The fraction of sp³-hybridized carbons (Fsp3) is 0.533. The summed E-state index contributed by atoms with van der Waals surface area (Å²) in [6.07, 6.45) is -2.10. The number of rotatable bonds is 3. The van der Waals surface area contributed by atoms with E-state index in [4.69, 9.17) is 5.11 Å². The third-order valence-corrected chi connectivity index (χ3v) is 4.08. The van der Waals surface area contributed by atoms with Gasteiger partial charge in [0.05, 0.1) is 11.1 Å². The van der Waals surface area contributed by atoms with Crippen LogP contribution in [0.1, 0.15) is 49.0 Å². The number of benzene rings is 1. The zero-order valence-electron chi connectivity index (χ0n) is 11.9. The number of nitrogens with zero attached hydrogens (tertiary/aromatic N) is 1. The summed E-state index contributed by atoms with van der Waals surface area (Å²) in [6, 6.07) is 3.35. The third kappa shape index (κ3) is 2.99. The molecule has 6 heteroatoms. The fourth-order valence-corrected chi connectivity index (χ4v) is 3.03. The smallest absolute Gasteiger partial charge is 0.418 e. The van der Waals surface area contributed by atoms with Crippen molar-refractivity contribution in [2.45, 2.75) is 51.4 Å². The minimum atomic E-state index is -4.57. The second kappa shape index (κ2) is 5.58. The highest BCUT2D eigenvalue weighted by Gasteiger charge is 2.39. The van der Waals surface area contributed by atoms with Crippen molar-refractivity contribution in [3.63, 3.8) is 0 Å². The van der Waals surface area contributed by atoms with Crippen LogP contribution in [0.15, 0.2) is 18.2 Å². The SMILES string of the molecule is CCC1CCC(C)N1c1ccc(C(=O)O)cc1C(F)(F)F. The molecule has 0 aliphatic carbocycles. The van der Waals surface area contributed by atoms with E-state index in [0.717, 1.165) is 25.3 Å². The van der Waals surface area contributed by atoms with E-state index in [2.05, 4.69) is 0 Å². The van der Waals surface area contributed by atoms with Gasteiger partial charge in [0.2, 0.25) is 0 Å². The van der Waals surface area contributed by atoms with Crippen molar-refractivity contribution in [1.29, 1.82) is 0 Å². The van der Waals surface area contributed by atoms with E-state index in [0.29, 0.717) is 0 Å². The zero-order valence-corrected chi connectivity index (χ0v) is 11.9. The lowest BCUT2D eigenvalue weighted by atomic mass is 10.0. The molecule has 1 aliphatic rings. The molecule has 1 aromatic carbocycles. The van der Waals surface area contributed by atoms with E-state index in [-0.39, 0.29) is 23.3 Å². The number of anilines is 1. The van der Waals surface area contributed by atoms with Crippen LogP contribution in [-0.2, 0) is 6.18 Å². The first-order valence-electron chi connectivity index (χ1n) is 6.98. The Morgan fingerprint density at radius 3 is 2.57 bits per heavy atom. The van der Waals surface area contributed by atoms with Crippen molar-refractivity contribution < 1.29 is 23.1 Å². The molecule has 1 aromatic rings. The summed E-state index contributed by atoms with van der Waals surface area (Å²) in [4.78, 5) is 12.7. The van der Waals surface area contributed by atoms with Crippen LogP contribution in [0, 0.1) is 0 Å². The Bertz CT molecular complexity index is 542. The molecule has 1 N–H and O–H groups in total. The van der Waals surface area contributed by atoms with Crippen molar-refractivity contribution in [2.75, 3.05) is 4.90 Å². The van der Waals surface area contributed by atoms with E-state index in [1.165, 1.54) is 12.1 Å². The number of carboxylic acids is 1. The Morgan fingerprint density at radius 1 is 1.38 bits per heavy atom. The minimum absolute atomic E-state index is 0.0201. The van der Waals surface area contributed by atoms with Crippen LogP contribution in [0.25, 0.3) is 0 Å². The highest BCUT2D eigenvalue weighted by Crippen LogP contribution is 2.41. The Morgan fingerprint density at radius 2 is 2.05 bits per heavy atom. The topological polar surface area (TPSA) is 40.5 Å². The van der Waals surface area contributed by atoms with Gasteiger partial charge in [0.25, 0.3) is 0 Å². The van der Waals surface area contributed by atoms with E-state index in [1.54, 1.807) is 4.90 Å². The zero-order chi connectivity index (χ0) is 15.8. The van der Waals surface area contributed by atoms with Crippen molar-refractivity contribution in [3.8, 4) is 0 Å². The van der Waals surface area contributed by atoms with Gasteiger partial charge in [-0.15, -0.1) is 0 Å². The molecule has 0 saturated carbocycles. The molecular formula is C15H18F3NO2. The molecule has 0 aromatic heterocycles. The summed E-state index contributed by atoms with van der Waals surface area (Å²) in [5.74, 6) is -1.35. The first kappa shape index (κ1) is 15.7. The largest absolute Gasteiger partial charge is 0.478 e. The summed E-state index contributed by atoms with van der Waals surface area (Å²) in [6.45, 7) is 3.86. The highest BCUT2D eigenvalue weighted by molar-refractivity contribution is 5.88. The molecule has 1 saturated heterocycles. The summed E-state index contributed by atoms with van der Waals surface area (Å²) < 4.78 is 39.9. The maximum absolute atomic E-state index is 13.3. The molecule has 21 heavy (non-hydrogen) atoms. The maximum Gasteiger partial charge on any atom is 0.418 e. The molecule has 0 amide bonds. The van der Waals surface area contributed by atoms with Gasteiger partial charge in [-0.05, 0) is 44.4 Å². The van der Waals surface area contributed by atoms with Crippen LogP contribution >= 0.6 is 0 Å². The lowest BCUT2D eigenvalue weighted by Crippen LogP contribution is -2.35. The average Bonchev–Trinajstić information content (AvgIpc) is 2.78. The Hall–Kier alpha value is -1.72. The van der Waals surface area contributed by atoms with Crippen LogP contribution in [0.4, 0.5) is 18.9 Å². The average molecular weight is 301 g/mol. The monoisotopic (exact) mass is 301 g/mol. The molecule has 1 fully saturated rings. The van der Waals surface area contributed by atoms with Crippen LogP contribution in [0.2, 0.25) is 0 Å². The lowest BCUT2D eigenvalue weighted by molar-refractivity contribution is -0.137. The Balaban J connectivity index is 2.55. The number of halogens is 3. The molecule has 2 unspecified atom stereocenters. The quantitative estimate of drug-likeness (QED) is 0.911. The highest BCUT2D eigenvalue weighted by atomic mass is 19.4. The molecule has 1 aliphatic heterocycles. The minimum Gasteiger partial charge on any atom is -0.478 e. The number of aromatic carboxylic acids is 1. The molecule has 2 atom stereocenters. The van der Waals surface area contributed by atoms with Crippen LogP contribution in [0.3, 0.4) is 0 Å². The summed E-state index contributed by atoms with van der Waals surface area (Å²) in [5, 5.41) is 8.90. The van der Waals surface area contributed by atoms with Gasteiger partial charge < -0.3 is 10.0 Å². The first-order valence-corrected chi connectivity index (χ1v) is 6.98. The van der Waals surface area contributed by atoms with E-state index in [9.17, 15) is 18.0 Å². The summed E-state index contributed by atoms with van der Waals surface area (Å²) >= 11 is 0. The van der Waals surface area contributed by atoms with Gasteiger partial charge in [-0.1, -0.05) is 6.92 Å². The lowest BCUT2D eigenvalue weighted by Gasteiger charge is -2.32. The number of carbonyl (C=O) groups is 1. The molecule has 2 rings (SSSR count). The van der Waals surface area contributed by atoms with E-state index < -0.39 is 17.7 Å².